The van der Waals surface area contributed by atoms with Crippen LogP contribution in [0.4, 0.5) is 0 Å². The van der Waals surface area contributed by atoms with E-state index in [1.165, 1.54) is 11.3 Å². The average molecular weight is 338 g/mol. The lowest BCUT2D eigenvalue weighted by atomic mass is 10.3. The number of amides is 1. The molecule has 0 saturated heterocycles. The van der Waals surface area contributed by atoms with E-state index in [2.05, 4.69) is 10.3 Å². The number of nitrogens with two attached hydrogens (primary N) is 1. The van der Waals surface area contributed by atoms with Crippen LogP contribution < -0.4 is 11.1 Å². The zero-order chi connectivity index (χ0) is 12.8. The Hall–Kier alpha value is -1.08. The highest BCUT2D eigenvalue weighted by Crippen LogP contribution is 2.23. The van der Waals surface area contributed by atoms with E-state index in [0.29, 0.717) is 18.8 Å². The predicted molar refractivity (Wildman–Crippen MR) is 84.9 cm³/mol. The lowest BCUT2D eigenvalue weighted by Crippen LogP contribution is -2.25. The van der Waals surface area contributed by atoms with Crippen LogP contribution >= 0.6 is 36.2 Å². The number of nitrogens with one attached hydrogen (secondary N) is 1. The van der Waals surface area contributed by atoms with E-state index < -0.39 is 0 Å². The Morgan fingerprint density at radius 3 is 2.85 bits per heavy atom. The topological polar surface area (TPSA) is 81.1 Å². The summed E-state index contributed by atoms with van der Waals surface area (Å²) in [5, 5.41) is 5.36. The number of carbonyl (C=O) groups excluding carboxylic acids is 1. The van der Waals surface area contributed by atoms with Crippen molar-refractivity contribution in [2.45, 2.75) is 12.8 Å². The third-order valence-corrected chi connectivity index (χ3v) is 3.31. The molecular formula is C12H17Cl2N3O2S. The van der Waals surface area contributed by atoms with Gasteiger partial charge in [-0.25, -0.2) is 4.98 Å². The van der Waals surface area contributed by atoms with Crippen molar-refractivity contribution in [1.29, 1.82) is 0 Å². The summed E-state index contributed by atoms with van der Waals surface area (Å²) in [6.45, 7) is 1.28. The van der Waals surface area contributed by atoms with Crippen molar-refractivity contribution in [2.24, 2.45) is 5.73 Å². The Morgan fingerprint density at radius 2 is 2.20 bits per heavy atom. The predicted octanol–water partition coefficient (Wildman–Crippen LogP) is 2.72. The molecule has 1 amide bonds. The molecule has 2 aromatic rings. The quantitative estimate of drug-likeness (QED) is 0.794. The van der Waals surface area contributed by atoms with Gasteiger partial charge in [0.1, 0.15) is 17.0 Å². The van der Waals surface area contributed by atoms with Gasteiger partial charge < -0.3 is 15.5 Å². The minimum Gasteiger partial charge on any atom is -0.472 e. The van der Waals surface area contributed by atoms with Crippen LogP contribution in [0.25, 0.3) is 10.6 Å². The van der Waals surface area contributed by atoms with E-state index in [-0.39, 0.29) is 30.7 Å². The number of nitrogens with zero attached hydrogens (tertiary/aromatic N) is 1. The fourth-order valence-corrected chi connectivity index (χ4v) is 2.24. The second kappa shape index (κ2) is 9.77. The summed E-state index contributed by atoms with van der Waals surface area (Å²) in [5.74, 6) is -0.141. The van der Waals surface area contributed by atoms with Gasteiger partial charge in [0.2, 0.25) is 0 Å². The number of thiazole rings is 1. The van der Waals surface area contributed by atoms with Crippen LogP contribution in [0.1, 0.15) is 23.3 Å². The molecule has 112 valence electrons. The molecule has 0 unspecified atom stereocenters. The van der Waals surface area contributed by atoms with Gasteiger partial charge in [-0.3, -0.25) is 4.79 Å². The number of furan rings is 1. The van der Waals surface area contributed by atoms with Gasteiger partial charge >= 0.3 is 0 Å². The van der Waals surface area contributed by atoms with E-state index in [0.717, 1.165) is 23.4 Å². The molecule has 20 heavy (non-hydrogen) atoms. The van der Waals surface area contributed by atoms with Gasteiger partial charge in [-0.1, -0.05) is 0 Å². The first-order chi connectivity index (χ1) is 8.81. The second-order valence-corrected chi connectivity index (χ2v) is 4.66. The number of hydrogen-bond acceptors (Lipinski definition) is 5. The van der Waals surface area contributed by atoms with Gasteiger partial charge in [-0.2, -0.15) is 0 Å². The van der Waals surface area contributed by atoms with Crippen molar-refractivity contribution >= 4 is 42.1 Å². The third kappa shape index (κ3) is 5.13. The maximum Gasteiger partial charge on any atom is 0.270 e. The van der Waals surface area contributed by atoms with Gasteiger partial charge in [0, 0.05) is 17.5 Å². The zero-order valence-electron chi connectivity index (χ0n) is 10.7. The molecule has 0 aliphatic heterocycles. The number of halogens is 2. The summed E-state index contributed by atoms with van der Waals surface area (Å²) in [7, 11) is 0. The standard InChI is InChI=1S/C12H15N3O2S.2ClH/c13-4-1-2-5-14-11(16)10-8-18-12(15-10)9-3-6-17-7-9;;/h3,6-8H,1-2,4-5,13H2,(H,14,16);2*1H. The van der Waals surface area contributed by atoms with Crippen molar-refractivity contribution in [3.8, 4) is 10.6 Å². The summed E-state index contributed by atoms with van der Waals surface area (Å²) in [5.41, 5.74) is 6.72. The van der Waals surface area contributed by atoms with Crippen LogP contribution in [0.3, 0.4) is 0 Å². The highest BCUT2D eigenvalue weighted by Gasteiger charge is 2.11. The summed E-state index contributed by atoms with van der Waals surface area (Å²) < 4.78 is 4.98. The highest BCUT2D eigenvalue weighted by molar-refractivity contribution is 7.13. The van der Waals surface area contributed by atoms with E-state index in [1.807, 2.05) is 6.07 Å². The second-order valence-electron chi connectivity index (χ2n) is 3.80. The minimum atomic E-state index is -0.141. The largest absolute Gasteiger partial charge is 0.472 e. The van der Waals surface area contributed by atoms with Gasteiger partial charge in [0.15, 0.2) is 0 Å². The fourth-order valence-electron chi connectivity index (χ4n) is 1.46. The Morgan fingerprint density at radius 1 is 1.40 bits per heavy atom. The van der Waals surface area contributed by atoms with Crippen LogP contribution in [-0.4, -0.2) is 24.0 Å². The fraction of sp³-hybridized carbons (Fsp3) is 0.333. The van der Waals surface area contributed by atoms with E-state index in [4.69, 9.17) is 10.2 Å². The Kier molecular flexibility index (Phi) is 9.24. The molecule has 3 N–H and O–H groups in total. The average Bonchev–Trinajstić information content (AvgIpc) is 3.03. The molecule has 0 bridgehead atoms. The van der Waals surface area contributed by atoms with Gasteiger partial charge in [-0.05, 0) is 25.5 Å². The molecule has 2 heterocycles. The first-order valence-electron chi connectivity index (χ1n) is 5.77. The number of hydrogen-bond donors (Lipinski definition) is 2. The minimum absolute atomic E-state index is 0. The summed E-state index contributed by atoms with van der Waals surface area (Å²) >= 11 is 1.43. The normalized spacial score (nSPS) is 9.45. The van der Waals surface area contributed by atoms with Crippen molar-refractivity contribution < 1.29 is 9.21 Å². The van der Waals surface area contributed by atoms with Crippen LogP contribution in [0.15, 0.2) is 28.4 Å². The van der Waals surface area contributed by atoms with Gasteiger partial charge in [0.25, 0.3) is 5.91 Å². The molecule has 0 radical (unpaired) electrons. The van der Waals surface area contributed by atoms with Gasteiger partial charge in [-0.15, -0.1) is 36.2 Å². The molecule has 0 fully saturated rings. The third-order valence-electron chi connectivity index (χ3n) is 2.42. The highest BCUT2D eigenvalue weighted by atomic mass is 35.5. The van der Waals surface area contributed by atoms with Gasteiger partial charge in [0.05, 0.1) is 6.26 Å². The summed E-state index contributed by atoms with van der Waals surface area (Å²) in [4.78, 5) is 16.0. The van der Waals surface area contributed by atoms with Crippen LogP contribution in [-0.2, 0) is 0 Å². The Labute approximate surface area is 133 Å². The van der Waals surface area contributed by atoms with Crippen molar-refractivity contribution in [3.05, 3.63) is 29.7 Å². The molecule has 0 aromatic carbocycles. The van der Waals surface area contributed by atoms with E-state index in [1.54, 1.807) is 17.9 Å². The molecule has 0 aliphatic carbocycles. The van der Waals surface area contributed by atoms with Crippen LogP contribution in [0.5, 0.6) is 0 Å². The number of unbranched alkanes of at least 4 members (excludes halogenated alkanes) is 1. The molecule has 0 saturated carbocycles. The first kappa shape index (κ1) is 18.9. The molecule has 0 aliphatic rings. The monoisotopic (exact) mass is 337 g/mol. The number of carbonyl (C=O) groups is 1. The molecule has 2 aromatic heterocycles. The maximum atomic E-state index is 11.8. The molecule has 5 nitrogen and oxygen atoms in total. The lowest BCUT2D eigenvalue weighted by Gasteiger charge is -2.01. The maximum absolute atomic E-state index is 11.8. The molecule has 0 atom stereocenters. The Bertz CT molecular complexity index is 503. The van der Waals surface area contributed by atoms with E-state index >= 15 is 0 Å². The molecule has 2 rings (SSSR count). The van der Waals surface area contributed by atoms with Crippen molar-refractivity contribution in [3.63, 3.8) is 0 Å². The molecule has 8 heteroatoms. The van der Waals surface area contributed by atoms with Crippen LogP contribution in [0, 0.1) is 0 Å². The smallest absolute Gasteiger partial charge is 0.270 e. The lowest BCUT2D eigenvalue weighted by molar-refractivity contribution is 0.0949. The SMILES string of the molecule is Cl.Cl.NCCCCNC(=O)c1csc(-c2ccoc2)n1. The molecule has 0 spiro atoms. The number of rotatable bonds is 6. The van der Waals surface area contributed by atoms with Crippen molar-refractivity contribution in [2.75, 3.05) is 13.1 Å². The zero-order valence-corrected chi connectivity index (χ0v) is 13.2. The van der Waals surface area contributed by atoms with Crippen molar-refractivity contribution in [1.82, 2.24) is 10.3 Å². The summed E-state index contributed by atoms with van der Waals surface area (Å²) in [6, 6.07) is 1.82. The summed E-state index contributed by atoms with van der Waals surface area (Å²) in [6.07, 6.45) is 5.00. The first-order valence-corrected chi connectivity index (χ1v) is 6.65. The molecular weight excluding hydrogens is 321 g/mol. The van der Waals surface area contributed by atoms with E-state index in [9.17, 15) is 4.79 Å². The Balaban J connectivity index is 0.00000180. The van der Waals surface area contributed by atoms with Crippen LogP contribution in [0.2, 0.25) is 0 Å². The number of aromatic nitrogens is 1.